The summed E-state index contributed by atoms with van der Waals surface area (Å²) in [5.41, 5.74) is 1.86. The fourth-order valence-electron chi connectivity index (χ4n) is 2.69. The summed E-state index contributed by atoms with van der Waals surface area (Å²) in [4.78, 5) is 16.2. The van der Waals surface area contributed by atoms with E-state index in [1.807, 2.05) is 24.4 Å². The Morgan fingerprint density at radius 3 is 2.63 bits per heavy atom. The smallest absolute Gasteiger partial charge is 0.267 e. The Hall–Kier alpha value is -3.10. The van der Waals surface area contributed by atoms with Crippen molar-refractivity contribution in [2.75, 3.05) is 10.0 Å². The van der Waals surface area contributed by atoms with E-state index in [0.29, 0.717) is 10.6 Å². The Morgan fingerprint density at radius 2 is 1.81 bits per heavy atom. The van der Waals surface area contributed by atoms with Gasteiger partial charge in [0.1, 0.15) is 4.88 Å². The highest BCUT2D eigenvalue weighted by atomic mass is 32.2. The number of hydrogen-bond donors (Lipinski definition) is 3. The third-order valence-electron chi connectivity index (χ3n) is 3.98. The Kier molecular flexibility index (Phi) is 4.43. The first kappa shape index (κ1) is 17.3. The number of thiophene rings is 1. The lowest BCUT2D eigenvalue weighted by Gasteiger charge is -2.09. The molecule has 136 valence electrons. The van der Waals surface area contributed by atoms with Crippen molar-refractivity contribution in [1.82, 2.24) is 4.98 Å². The number of benzene rings is 2. The molecule has 0 bridgehead atoms. The lowest BCUT2D eigenvalue weighted by atomic mass is 10.2. The van der Waals surface area contributed by atoms with E-state index < -0.39 is 10.0 Å². The summed E-state index contributed by atoms with van der Waals surface area (Å²) in [6.45, 7) is 0. The molecule has 0 aliphatic heterocycles. The number of aromatic amines is 1. The highest BCUT2D eigenvalue weighted by Gasteiger charge is 2.20. The molecule has 2 heterocycles. The SMILES string of the molecule is O=C(Nc1ccc2[nH]ccc2c1)c1sccc1NS(=O)(=O)c1ccccc1. The van der Waals surface area contributed by atoms with Gasteiger partial charge in [-0.3, -0.25) is 9.52 Å². The van der Waals surface area contributed by atoms with Gasteiger partial charge in [-0.25, -0.2) is 8.42 Å². The average Bonchev–Trinajstić information content (AvgIpc) is 3.31. The van der Waals surface area contributed by atoms with Crippen LogP contribution in [0.15, 0.2) is 77.1 Å². The van der Waals surface area contributed by atoms with Crippen LogP contribution in [0, 0.1) is 0 Å². The maximum Gasteiger partial charge on any atom is 0.267 e. The van der Waals surface area contributed by atoms with Gasteiger partial charge in [0.2, 0.25) is 0 Å². The molecule has 4 aromatic rings. The lowest BCUT2D eigenvalue weighted by Crippen LogP contribution is -2.17. The molecule has 0 aliphatic carbocycles. The zero-order chi connectivity index (χ0) is 18.9. The summed E-state index contributed by atoms with van der Waals surface area (Å²) in [7, 11) is -3.76. The van der Waals surface area contributed by atoms with Gasteiger partial charge in [-0.1, -0.05) is 18.2 Å². The number of H-pyrrole nitrogens is 1. The zero-order valence-electron chi connectivity index (χ0n) is 14.0. The Labute approximate surface area is 159 Å². The standard InChI is InChI=1S/C19H15N3O3S2/c23-19(21-14-6-7-16-13(12-14)8-10-20-16)18-17(9-11-26-18)22-27(24,25)15-4-2-1-3-5-15/h1-12,20,22H,(H,21,23). The fraction of sp³-hybridized carbons (Fsp3) is 0. The number of hydrogen-bond acceptors (Lipinski definition) is 4. The maximum atomic E-state index is 12.6. The van der Waals surface area contributed by atoms with Crippen LogP contribution in [0.25, 0.3) is 10.9 Å². The second-order valence-electron chi connectivity index (χ2n) is 5.82. The van der Waals surface area contributed by atoms with Crippen LogP contribution in [0.5, 0.6) is 0 Å². The molecular weight excluding hydrogens is 382 g/mol. The van der Waals surface area contributed by atoms with Gasteiger partial charge in [-0.05, 0) is 47.8 Å². The largest absolute Gasteiger partial charge is 0.361 e. The van der Waals surface area contributed by atoms with Crippen LogP contribution in [-0.2, 0) is 10.0 Å². The van der Waals surface area contributed by atoms with Gasteiger partial charge < -0.3 is 10.3 Å². The molecule has 3 N–H and O–H groups in total. The molecule has 6 nitrogen and oxygen atoms in total. The van der Waals surface area contributed by atoms with Crippen molar-refractivity contribution in [3.8, 4) is 0 Å². The van der Waals surface area contributed by atoms with Crippen molar-refractivity contribution in [2.24, 2.45) is 0 Å². The first-order valence-corrected chi connectivity index (χ1v) is 10.4. The summed E-state index contributed by atoms with van der Waals surface area (Å²) in [5, 5.41) is 5.46. The van der Waals surface area contributed by atoms with E-state index in [1.54, 1.807) is 35.7 Å². The Bertz CT molecular complexity index is 1210. The van der Waals surface area contributed by atoms with E-state index in [0.717, 1.165) is 10.9 Å². The maximum absolute atomic E-state index is 12.6. The molecule has 0 saturated carbocycles. The highest BCUT2D eigenvalue weighted by molar-refractivity contribution is 7.92. The zero-order valence-corrected chi connectivity index (χ0v) is 15.6. The molecule has 0 fully saturated rings. The van der Waals surface area contributed by atoms with E-state index in [4.69, 9.17) is 0 Å². The molecule has 1 amide bonds. The summed E-state index contributed by atoms with van der Waals surface area (Å²) in [5.74, 6) is -0.370. The van der Waals surface area contributed by atoms with E-state index in [1.165, 1.54) is 23.5 Å². The molecule has 0 saturated heterocycles. The first-order chi connectivity index (χ1) is 13.0. The molecule has 0 spiro atoms. The van der Waals surface area contributed by atoms with Crippen molar-refractivity contribution in [1.29, 1.82) is 0 Å². The van der Waals surface area contributed by atoms with E-state index in [2.05, 4.69) is 15.0 Å². The predicted octanol–water partition coefficient (Wildman–Crippen LogP) is 4.28. The van der Waals surface area contributed by atoms with Crippen LogP contribution in [0.1, 0.15) is 9.67 Å². The second kappa shape index (κ2) is 6.90. The summed E-state index contributed by atoms with van der Waals surface area (Å²) in [6.07, 6.45) is 1.83. The fourth-order valence-corrected chi connectivity index (χ4v) is 4.59. The molecular formula is C19H15N3O3S2. The number of nitrogens with one attached hydrogen (secondary N) is 3. The van der Waals surface area contributed by atoms with Gasteiger partial charge in [0.15, 0.2) is 0 Å². The molecule has 0 radical (unpaired) electrons. The topological polar surface area (TPSA) is 91.1 Å². The lowest BCUT2D eigenvalue weighted by molar-refractivity contribution is 0.103. The number of carbonyl (C=O) groups is 1. The number of rotatable bonds is 5. The van der Waals surface area contributed by atoms with Crippen molar-refractivity contribution >= 4 is 49.5 Å². The molecule has 2 aromatic carbocycles. The van der Waals surface area contributed by atoms with Crippen LogP contribution in [-0.4, -0.2) is 19.3 Å². The third-order valence-corrected chi connectivity index (χ3v) is 6.28. The van der Waals surface area contributed by atoms with Crippen molar-refractivity contribution in [3.63, 3.8) is 0 Å². The molecule has 2 aromatic heterocycles. The van der Waals surface area contributed by atoms with Gasteiger partial charge in [-0.15, -0.1) is 11.3 Å². The number of aromatic nitrogens is 1. The molecule has 4 rings (SSSR count). The highest BCUT2D eigenvalue weighted by Crippen LogP contribution is 2.27. The van der Waals surface area contributed by atoms with E-state index in [-0.39, 0.29) is 16.5 Å². The van der Waals surface area contributed by atoms with Gasteiger partial charge in [-0.2, -0.15) is 0 Å². The number of amides is 1. The van der Waals surface area contributed by atoms with Crippen LogP contribution in [0.4, 0.5) is 11.4 Å². The summed E-state index contributed by atoms with van der Waals surface area (Å²) < 4.78 is 27.5. The van der Waals surface area contributed by atoms with Crippen LogP contribution >= 0.6 is 11.3 Å². The minimum absolute atomic E-state index is 0.139. The van der Waals surface area contributed by atoms with Crippen molar-refractivity contribution < 1.29 is 13.2 Å². The molecule has 8 heteroatoms. The summed E-state index contributed by atoms with van der Waals surface area (Å²) in [6, 6.07) is 17.0. The normalized spacial score (nSPS) is 11.4. The third kappa shape index (κ3) is 3.57. The van der Waals surface area contributed by atoms with Crippen molar-refractivity contribution in [3.05, 3.63) is 77.1 Å². The van der Waals surface area contributed by atoms with Crippen LogP contribution in [0.3, 0.4) is 0 Å². The molecule has 0 unspecified atom stereocenters. The van der Waals surface area contributed by atoms with Crippen molar-refractivity contribution in [2.45, 2.75) is 4.90 Å². The summed E-state index contributed by atoms with van der Waals surface area (Å²) >= 11 is 1.17. The Morgan fingerprint density at radius 1 is 1.00 bits per heavy atom. The van der Waals surface area contributed by atoms with Crippen LogP contribution < -0.4 is 10.0 Å². The number of carbonyl (C=O) groups excluding carboxylic acids is 1. The minimum Gasteiger partial charge on any atom is -0.361 e. The van der Waals surface area contributed by atoms with E-state index >= 15 is 0 Å². The number of anilines is 2. The number of fused-ring (bicyclic) bond motifs is 1. The predicted molar refractivity (Wildman–Crippen MR) is 108 cm³/mol. The average molecular weight is 397 g/mol. The quantitative estimate of drug-likeness (QED) is 0.469. The van der Waals surface area contributed by atoms with Gasteiger partial charge >= 0.3 is 0 Å². The van der Waals surface area contributed by atoms with E-state index in [9.17, 15) is 13.2 Å². The number of sulfonamides is 1. The first-order valence-electron chi connectivity index (χ1n) is 8.07. The Balaban J connectivity index is 1.56. The molecule has 0 aliphatic rings. The van der Waals surface area contributed by atoms with Crippen LogP contribution in [0.2, 0.25) is 0 Å². The van der Waals surface area contributed by atoms with Gasteiger partial charge in [0.25, 0.3) is 15.9 Å². The molecule has 0 atom stereocenters. The molecule has 27 heavy (non-hydrogen) atoms. The second-order valence-corrected chi connectivity index (χ2v) is 8.41. The van der Waals surface area contributed by atoms with Gasteiger partial charge in [0.05, 0.1) is 10.6 Å². The minimum atomic E-state index is -3.76. The van der Waals surface area contributed by atoms with Gasteiger partial charge in [0, 0.05) is 22.8 Å². The monoisotopic (exact) mass is 397 g/mol.